The molecule has 0 amide bonds. The summed E-state index contributed by atoms with van der Waals surface area (Å²) in [5, 5.41) is 8.23. The number of hydrogen-bond acceptors (Lipinski definition) is 7. The van der Waals surface area contributed by atoms with Crippen LogP contribution in [0, 0.1) is 0 Å². The molecule has 1 aliphatic heterocycles. The van der Waals surface area contributed by atoms with Gasteiger partial charge in [0.25, 0.3) is 0 Å². The van der Waals surface area contributed by atoms with E-state index in [2.05, 4.69) is 37.3 Å². The third-order valence-corrected chi connectivity index (χ3v) is 4.50. The second kappa shape index (κ2) is 7.14. The maximum atomic E-state index is 5.44. The zero-order valence-corrected chi connectivity index (χ0v) is 14.3. The van der Waals surface area contributed by atoms with Gasteiger partial charge in [0.05, 0.1) is 12.6 Å². The Balaban J connectivity index is 1.43. The van der Waals surface area contributed by atoms with Crippen molar-refractivity contribution in [1.82, 2.24) is 25.2 Å². The van der Waals surface area contributed by atoms with Crippen LogP contribution in [0.15, 0.2) is 39.4 Å². The normalized spacial score (nSPS) is 18.0. The first-order valence-corrected chi connectivity index (χ1v) is 8.73. The molecule has 7 nitrogen and oxygen atoms in total. The van der Waals surface area contributed by atoms with Gasteiger partial charge in [0.2, 0.25) is 11.8 Å². The number of rotatable bonds is 6. The molecule has 0 radical (unpaired) electrons. The van der Waals surface area contributed by atoms with Gasteiger partial charge in [-0.05, 0) is 24.9 Å². The van der Waals surface area contributed by atoms with Crippen LogP contribution in [0.4, 0.5) is 0 Å². The molecule has 1 atom stereocenters. The zero-order valence-electron chi connectivity index (χ0n) is 14.3. The molecule has 0 aliphatic carbocycles. The van der Waals surface area contributed by atoms with Crippen LogP contribution in [0.5, 0.6) is 0 Å². The molecule has 3 aromatic rings. The highest BCUT2D eigenvalue weighted by Crippen LogP contribution is 2.31. The van der Waals surface area contributed by atoms with E-state index < -0.39 is 0 Å². The highest BCUT2D eigenvalue weighted by atomic mass is 16.5. The molecule has 1 fully saturated rings. The molecule has 1 aromatic carbocycles. The lowest BCUT2D eigenvalue weighted by Gasteiger charge is -2.19. The van der Waals surface area contributed by atoms with Crippen LogP contribution in [-0.4, -0.2) is 31.7 Å². The second-order valence-corrected chi connectivity index (χ2v) is 6.30. The average molecular weight is 339 g/mol. The monoisotopic (exact) mass is 339 g/mol. The van der Waals surface area contributed by atoms with Gasteiger partial charge >= 0.3 is 0 Å². The van der Waals surface area contributed by atoms with Crippen LogP contribution < -0.4 is 0 Å². The number of hydrogen-bond donors (Lipinski definition) is 0. The predicted molar refractivity (Wildman–Crippen MR) is 89.6 cm³/mol. The Morgan fingerprint density at radius 2 is 1.92 bits per heavy atom. The van der Waals surface area contributed by atoms with Crippen molar-refractivity contribution in [3.05, 3.63) is 59.3 Å². The van der Waals surface area contributed by atoms with E-state index in [4.69, 9.17) is 9.05 Å². The van der Waals surface area contributed by atoms with E-state index in [1.54, 1.807) is 0 Å². The lowest BCUT2D eigenvalue weighted by molar-refractivity contribution is 0.202. The minimum absolute atomic E-state index is 0.161. The van der Waals surface area contributed by atoms with Crippen molar-refractivity contribution in [3.8, 4) is 0 Å². The van der Waals surface area contributed by atoms with Crippen molar-refractivity contribution in [2.24, 2.45) is 0 Å². The number of aromatic nitrogens is 4. The summed E-state index contributed by atoms with van der Waals surface area (Å²) in [6.07, 6.45) is 3.56. The van der Waals surface area contributed by atoms with Gasteiger partial charge in [-0.1, -0.05) is 47.6 Å². The summed E-state index contributed by atoms with van der Waals surface area (Å²) in [6, 6.07) is 10.3. The van der Waals surface area contributed by atoms with Crippen molar-refractivity contribution in [1.29, 1.82) is 0 Å². The second-order valence-electron chi connectivity index (χ2n) is 6.30. The molecule has 0 spiro atoms. The van der Waals surface area contributed by atoms with Gasteiger partial charge in [0.15, 0.2) is 11.6 Å². The zero-order chi connectivity index (χ0) is 17.1. The van der Waals surface area contributed by atoms with E-state index in [9.17, 15) is 0 Å². The van der Waals surface area contributed by atoms with Crippen LogP contribution in [0.2, 0.25) is 0 Å². The van der Waals surface area contributed by atoms with Crippen molar-refractivity contribution in [2.75, 3.05) is 6.54 Å². The van der Waals surface area contributed by atoms with Gasteiger partial charge in [-0.15, -0.1) is 0 Å². The van der Waals surface area contributed by atoms with Gasteiger partial charge in [-0.2, -0.15) is 9.97 Å². The first kappa shape index (κ1) is 16.0. The summed E-state index contributed by atoms with van der Waals surface area (Å²) >= 11 is 0. The smallest absolute Gasteiger partial charge is 0.240 e. The van der Waals surface area contributed by atoms with Crippen LogP contribution >= 0.6 is 0 Å². The maximum Gasteiger partial charge on any atom is 0.240 e. The van der Waals surface area contributed by atoms with E-state index in [0.29, 0.717) is 30.6 Å². The predicted octanol–water partition coefficient (Wildman–Crippen LogP) is 2.94. The quantitative estimate of drug-likeness (QED) is 0.683. The fourth-order valence-corrected chi connectivity index (χ4v) is 3.23. The summed E-state index contributed by atoms with van der Waals surface area (Å²) in [6.45, 7) is 3.59. The molecule has 0 unspecified atom stereocenters. The summed E-state index contributed by atoms with van der Waals surface area (Å²) in [5.41, 5.74) is 1.17. The molecular weight excluding hydrogens is 318 g/mol. The molecule has 25 heavy (non-hydrogen) atoms. The molecule has 3 heterocycles. The minimum Gasteiger partial charge on any atom is -0.339 e. The standard InChI is InChI=1S/C18H21N5O2/c1-2-16-20-18(22-24-16)14-9-6-10-23(14)12-17-19-15(21-25-17)11-13-7-4-3-5-8-13/h3-5,7-8,14H,2,6,9-12H2,1H3/t14-/m0/s1. The molecule has 7 heteroatoms. The molecular formula is C18H21N5O2. The number of likely N-dealkylation sites (tertiary alicyclic amines) is 1. The van der Waals surface area contributed by atoms with Crippen LogP contribution in [0.1, 0.15) is 54.8 Å². The van der Waals surface area contributed by atoms with Crippen LogP contribution in [-0.2, 0) is 19.4 Å². The fraction of sp³-hybridized carbons (Fsp3) is 0.444. The lowest BCUT2D eigenvalue weighted by atomic mass is 10.1. The Kier molecular flexibility index (Phi) is 4.56. The van der Waals surface area contributed by atoms with E-state index in [1.807, 2.05) is 25.1 Å². The van der Waals surface area contributed by atoms with Crippen molar-refractivity contribution in [3.63, 3.8) is 0 Å². The Hall–Kier alpha value is -2.54. The van der Waals surface area contributed by atoms with Gasteiger partial charge in [-0.25, -0.2) is 0 Å². The Bertz CT molecular complexity index is 814. The number of aryl methyl sites for hydroxylation is 1. The van der Waals surface area contributed by atoms with Crippen molar-refractivity contribution >= 4 is 0 Å². The molecule has 1 aliphatic rings. The Morgan fingerprint density at radius 3 is 2.72 bits per heavy atom. The van der Waals surface area contributed by atoms with Gasteiger partial charge in [0.1, 0.15) is 0 Å². The molecule has 4 rings (SSSR count). The van der Waals surface area contributed by atoms with Crippen LogP contribution in [0.3, 0.4) is 0 Å². The molecule has 2 aromatic heterocycles. The largest absolute Gasteiger partial charge is 0.339 e. The molecule has 130 valence electrons. The minimum atomic E-state index is 0.161. The van der Waals surface area contributed by atoms with Gasteiger partial charge in [0, 0.05) is 12.8 Å². The van der Waals surface area contributed by atoms with Crippen LogP contribution in [0.25, 0.3) is 0 Å². The average Bonchev–Trinajstić information content (AvgIpc) is 3.37. The molecule has 0 bridgehead atoms. The molecule has 1 saturated heterocycles. The third kappa shape index (κ3) is 3.61. The number of benzene rings is 1. The summed E-state index contributed by atoms with van der Waals surface area (Å²) in [7, 11) is 0. The van der Waals surface area contributed by atoms with E-state index in [0.717, 1.165) is 31.6 Å². The maximum absolute atomic E-state index is 5.44. The highest BCUT2D eigenvalue weighted by molar-refractivity contribution is 5.18. The summed E-state index contributed by atoms with van der Waals surface area (Å²) in [4.78, 5) is 11.3. The number of nitrogens with zero attached hydrogens (tertiary/aromatic N) is 5. The highest BCUT2D eigenvalue weighted by Gasteiger charge is 2.31. The first-order valence-electron chi connectivity index (χ1n) is 8.73. The molecule has 0 N–H and O–H groups in total. The summed E-state index contributed by atoms with van der Waals surface area (Å²) in [5.74, 6) is 2.80. The summed E-state index contributed by atoms with van der Waals surface area (Å²) < 4.78 is 10.7. The van der Waals surface area contributed by atoms with E-state index in [1.165, 1.54) is 5.56 Å². The van der Waals surface area contributed by atoms with Gasteiger partial charge < -0.3 is 9.05 Å². The first-order chi connectivity index (χ1) is 12.3. The van der Waals surface area contributed by atoms with Gasteiger partial charge in [-0.3, -0.25) is 4.90 Å². The van der Waals surface area contributed by atoms with E-state index >= 15 is 0 Å². The van der Waals surface area contributed by atoms with Crippen molar-refractivity contribution in [2.45, 2.75) is 45.2 Å². The third-order valence-electron chi connectivity index (χ3n) is 4.50. The topological polar surface area (TPSA) is 81.1 Å². The fourth-order valence-electron chi connectivity index (χ4n) is 3.23. The van der Waals surface area contributed by atoms with E-state index in [-0.39, 0.29) is 6.04 Å². The lowest BCUT2D eigenvalue weighted by Crippen LogP contribution is -2.23. The van der Waals surface area contributed by atoms with Crippen molar-refractivity contribution < 1.29 is 9.05 Å². The molecule has 0 saturated carbocycles. The Labute approximate surface area is 146 Å². The Morgan fingerprint density at radius 1 is 1.08 bits per heavy atom. The SMILES string of the molecule is CCc1nc([C@@H]2CCCN2Cc2nc(Cc3ccccc3)no2)no1.